The molecule has 7 heteroatoms. The standard InChI is InChI=1S/C17H24N4O2S/c1-12-20-14(11-24-12)9-18-17(22)19-10-16(21(2)3)13-6-5-7-15(8-13)23-4/h5-8,11,16H,9-10H2,1-4H3,(H2,18,19,22). The summed E-state index contributed by atoms with van der Waals surface area (Å²) in [5.41, 5.74) is 1.97. The molecule has 0 saturated heterocycles. The molecule has 24 heavy (non-hydrogen) atoms. The first-order valence-electron chi connectivity index (χ1n) is 7.72. The number of urea groups is 1. The van der Waals surface area contributed by atoms with Crippen molar-refractivity contribution in [3.8, 4) is 5.75 Å². The molecule has 1 unspecified atom stereocenters. The Morgan fingerprint density at radius 3 is 2.79 bits per heavy atom. The molecular weight excluding hydrogens is 324 g/mol. The Kier molecular flexibility index (Phi) is 6.57. The number of thiazole rings is 1. The number of carbonyl (C=O) groups is 1. The Balaban J connectivity index is 1.89. The molecule has 130 valence electrons. The number of aromatic nitrogens is 1. The van der Waals surface area contributed by atoms with Gasteiger partial charge in [-0.2, -0.15) is 0 Å². The highest BCUT2D eigenvalue weighted by atomic mass is 32.1. The van der Waals surface area contributed by atoms with Crippen LogP contribution in [0.5, 0.6) is 5.75 Å². The molecule has 0 aliphatic heterocycles. The van der Waals surface area contributed by atoms with Crippen molar-refractivity contribution in [2.75, 3.05) is 27.7 Å². The second kappa shape index (κ2) is 8.65. The van der Waals surface area contributed by atoms with Gasteiger partial charge >= 0.3 is 6.03 Å². The van der Waals surface area contributed by atoms with Gasteiger partial charge < -0.3 is 20.3 Å². The van der Waals surface area contributed by atoms with E-state index < -0.39 is 0 Å². The number of rotatable bonds is 7. The van der Waals surface area contributed by atoms with E-state index >= 15 is 0 Å². The molecule has 2 rings (SSSR count). The number of amides is 2. The van der Waals surface area contributed by atoms with E-state index in [2.05, 4.69) is 20.5 Å². The van der Waals surface area contributed by atoms with Gasteiger partial charge in [-0.1, -0.05) is 12.1 Å². The van der Waals surface area contributed by atoms with Crippen molar-refractivity contribution in [2.24, 2.45) is 0 Å². The van der Waals surface area contributed by atoms with Crippen LogP contribution < -0.4 is 15.4 Å². The summed E-state index contributed by atoms with van der Waals surface area (Å²) in [7, 11) is 5.62. The molecule has 1 atom stereocenters. The van der Waals surface area contributed by atoms with Crippen LogP contribution in [0.15, 0.2) is 29.6 Å². The average Bonchev–Trinajstić information content (AvgIpc) is 2.98. The maximum absolute atomic E-state index is 12.0. The first-order valence-corrected chi connectivity index (χ1v) is 8.60. The molecule has 1 heterocycles. The lowest BCUT2D eigenvalue weighted by molar-refractivity contribution is 0.232. The molecule has 0 fully saturated rings. The van der Waals surface area contributed by atoms with Crippen molar-refractivity contribution < 1.29 is 9.53 Å². The topological polar surface area (TPSA) is 66.5 Å². The second-order valence-electron chi connectivity index (χ2n) is 5.68. The summed E-state index contributed by atoms with van der Waals surface area (Å²) in [5.74, 6) is 0.808. The molecule has 0 bridgehead atoms. The van der Waals surface area contributed by atoms with Crippen molar-refractivity contribution in [1.29, 1.82) is 0 Å². The van der Waals surface area contributed by atoms with Gasteiger partial charge in [-0.25, -0.2) is 9.78 Å². The molecule has 0 aliphatic rings. The number of methoxy groups -OCH3 is 1. The zero-order chi connectivity index (χ0) is 17.5. The second-order valence-corrected chi connectivity index (χ2v) is 6.74. The van der Waals surface area contributed by atoms with Crippen LogP contribution in [0.1, 0.15) is 22.3 Å². The van der Waals surface area contributed by atoms with E-state index in [-0.39, 0.29) is 12.1 Å². The molecule has 0 radical (unpaired) electrons. The predicted octanol–water partition coefficient (Wildman–Crippen LogP) is 2.56. The molecule has 2 aromatic rings. The van der Waals surface area contributed by atoms with Crippen LogP contribution in [0.2, 0.25) is 0 Å². The fourth-order valence-corrected chi connectivity index (χ4v) is 2.97. The number of carbonyl (C=O) groups excluding carboxylic acids is 1. The number of hydrogen-bond donors (Lipinski definition) is 2. The highest BCUT2D eigenvalue weighted by Gasteiger charge is 2.16. The van der Waals surface area contributed by atoms with Gasteiger partial charge in [0.05, 0.1) is 30.4 Å². The fraction of sp³-hybridized carbons (Fsp3) is 0.412. The Morgan fingerprint density at radius 2 is 2.17 bits per heavy atom. The Hall–Kier alpha value is -2.12. The number of ether oxygens (including phenoxy) is 1. The number of nitrogens with one attached hydrogen (secondary N) is 2. The molecule has 0 aliphatic carbocycles. The van der Waals surface area contributed by atoms with Gasteiger partial charge in [-0.15, -0.1) is 11.3 Å². The highest BCUT2D eigenvalue weighted by molar-refractivity contribution is 7.09. The number of likely N-dealkylation sites (N-methyl/N-ethyl adjacent to an activating group) is 1. The predicted molar refractivity (Wildman–Crippen MR) is 96.5 cm³/mol. The highest BCUT2D eigenvalue weighted by Crippen LogP contribution is 2.22. The summed E-state index contributed by atoms with van der Waals surface area (Å²) >= 11 is 1.58. The van der Waals surface area contributed by atoms with Crippen molar-refractivity contribution >= 4 is 17.4 Å². The van der Waals surface area contributed by atoms with Crippen LogP contribution in [0, 0.1) is 6.92 Å². The third-order valence-electron chi connectivity index (χ3n) is 3.65. The fourth-order valence-electron chi connectivity index (χ4n) is 2.36. The zero-order valence-corrected chi connectivity index (χ0v) is 15.3. The van der Waals surface area contributed by atoms with Gasteiger partial charge in [0.1, 0.15) is 5.75 Å². The van der Waals surface area contributed by atoms with Gasteiger partial charge in [0.2, 0.25) is 0 Å². The number of hydrogen-bond acceptors (Lipinski definition) is 5. The Labute approximate surface area is 146 Å². The van der Waals surface area contributed by atoms with Crippen LogP contribution in [-0.4, -0.2) is 43.7 Å². The monoisotopic (exact) mass is 348 g/mol. The molecule has 2 amide bonds. The van der Waals surface area contributed by atoms with Gasteiger partial charge in [0, 0.05) is 11.9 Å². The van der Waals surface area contributed by atoms with Crippen molar-refractivity contribution in [2.45, 2.75) is 19.5 Å². The van der Waals surface area contributed by atoms with Gasteiger partial charge in [-0.05, 0) is 38.7 Å². The van der Waals surface area contributed by atoms with Crippen LogP contribution in [0.4, 0.5) is 4.79 Å². The molecule has 1 aromatic heterocycles. The molecule has 0 spiro atoms. The maximum atomic E-state index is 12.0. The molecule has 6 nitrogen and oxygen atoms in total. The summed E-state index contributed by atoms with van der Waals surface area (Å²) in [6, 6.07) is 7.75. The van der Waals surface area contributed by atoms with E-state index in [4.69, 9.17) is 4.74 Å². The number of aryl methyl sites for hydroxylation is 1. The number of nitrogens with zero attached hydrogens (tertiary/aromatic N) is 2. The lowest BCUT2D eigenvalue weighted by Crippen LogP contribution is -2.40. The van der Waals surface area contributed by atoms with Gasteiger partial charge in [0.25, 0.3) is 0 Å². The lowest BCUT2D eigenvalue weighted by atomic mass is 10.1. The van der Waals surface area contributed by atoms with E-state index in [1.165, 1.54) is 0 Å². The van der Waals surface area contributed by atoms with E-state index in [9.17, 15) is 4.79 Å². The first-order chi connectivity index (χ1) is 11.5. The SMILES string of the molecule is COc1cccc(C(CNC(=O)NCc2csc(C)n2)N(C)C)c1. The molecular formula is C17H24N4O2S. The van der Waals surface area contributed by atoms with Crippen molar-refractivity contribution in [3.05, 3.63) is 45.9 Å². The van der Waals surface area contributed by atoms with Crippen LogP contribution in [0.3, 0.4) is 0 Å². The van der Waals surface area contributed by atoms with E-state index in [0.29, 0.717) is 13.1 Å². The van der Waals surface area contributed by atoms with Gasteiger partial charge in [-0.3, -0.25) is 0 Å². The lowest BCUT2D eigenvalue weighted by Gasteiger charge is -2.25. The minimum atomic E-state index is -0.199. The largest absolute Gasteiger partial charge is 0.497 e. The van der Waals surface area contributed by atoms with Crippen molar-refractivity contribution in [1.82, 2.24) is 20.5 Å². The third kappa shape index (κ3) is 5.21. The maximum Gasteiger partial charge on any atom is 0.315 e. The quantitative estimate of drug-likeness (QED) is 0.807. The Bertz CT molecular complexity index is 672. The van der Waals surface area contributed by atoms with E-state index in [1.54, 1.807) is 18.4 Å². The molecule has 1 aromatic carbocycles. The third-order valence-corrected chi connectivity index (χ3v) is 4.48. The average molecular weight is 348 g/mol. The normalized spacial score (nSPS) is 12.0. The molecule has 2 N–H and O–H groups in total. The van der Waals surface area contributed by atoms with Crippen molar-refractivity contribution in [3.63, 3.8) is 0 Å². The number of benzene rings is 1. The summed E-state index contributed by atoms with van der Waals surface area (Å²) in [5, 5.41) is 8.70. The van der Waals surface area contributed by atoms with Gasteiger partial charge in [0.15, 0.2) is 0 Å². The zero-order valence-electron chi connectivity index (χ0n) is 14.5. The first kappa shape index (κ1) is 18.2. The smallest absolute Gasteiger partial charge is 0.315 e. The van der Waals surface area contributed by atoms with E-state index in [0.717, 1.165) is 22.0 Å². The minimum absolute atomic E-state index is 0.0624. The Morgan fingerprint density at radius 1 is 1.38 bits per heavy atom. The summed E-state index contributed by atoms with van der Waals surface area (Å²) < 4.78 is 5.28. The summed E-state index contributed by atoms with van der Waals surface area (Å²) in [6.07, 6.45) is 0. The van der Waals surface area contributed by atoms with Crippen LogP contribution >= 0.6 is 11.3 Å². The molecule has 0 saturated carbocycles. The minimum Gasteiger partial charge on any atom is -0.497 e. The summed E-state index contributed by atoms with van der Waals surface area (Å²) in [4.78, 5) is 18.4. The van der Waals surface area contributed by atoms with Crippen LogP contribution in [-0.2, 0) is 6.54 Å². The summed E-state index contributed by atoms with van der Waals surface area (Å²) in [6.45, 7) is 2.88. The van der Waals surface area contributed by atoms with Crippen LogP contribution in [0.25, 0.3) is 0 Å². The van der Waals surface area contributed by atoms with E-state index in [1.807, 2.05) is 50.7 Å².